The third kappa shape index (κ3) is 5.80. The van der Waals surface area contributed by atoms with Crippen LogP contribution in [0.25, 0.3) is 11.1 Å². The zero-order valence-corrected chi connectivity index (χ0v) is 18.2. The molecule has 0 aromatic heterocycles. The van der Waals surface area contributed by atoms with Gasteiger partial charge in [-0.2, -0.15) is 0 Å². The number of ether oxygens (including phenoxy) is 2. The minimum absolute atomic E-state index is 0.105. The van der Waals surface area contributed by atoms with E-state index in [0.29, 0.717) is 17.9 Å². The van der Waals surface area contributed by atoms with Gasteiger partial charge >= 0.3 is 0 Å². The first kappa shape index (κ1) is 23.2. The maximum absolute atomic E-state index is 14.6. The van der Waals surface area contributed by atoms with Crippen LogP contribution in [0.3, 0.4) is 0 Å². The molecule has 0 heterocycles. The SMILES string of the molecule is CC.CCOC(c1cc(CC)ccc1-c1cc(OC)ccc1F)C(C)(C)C. The van der Waals surface area contributed by atoms with Crippen LogP contribution in [0.5, 0.6) is 5.75 Å². The fraction of sp³-hybridized carbons (Fsp3) is 0.500. The standard InChI is InChI=1S/C22H29FO2.C2H6/c1-7-15-9-11-17(18-14-16(24-6)10-12-20(18)23)19(13-15)21(25-8-2)22(3,4)5;1-2/h9-14,21H,7-8H2,1-6H3;1-2H3. The molecule has 2 aromatic rings. The van der Waals surface area contributed by atoms with E-state index in [1.54, 1.807) is 19.2 Å². The molecule has 2 nitrogen and oxygen atoms in total. The minimum atomic E-state index is -0.254. The highest BCUT2D eigenvalue weighted by molar-refractivity contribution is 5.70. The molecule has 3 heteroatoms. The van der Waals surface area contributed by atoms with E-state index in [1.807, 2.05) is 26.8 Å². The van der Waals surface area contributed by atoms with E-state index in [4.69, 9.17) is 9.47 Å². The summed E-state index contributed by atoms with van der Waals surface area (Å²) < 4.78 is 26.0. The van der Waals surface area contributed by atoms with Crippen molar-refractivity contribution < 1.29 is 13.9 Å². The van der Waals surface area contributed by atoms with Gasteiger partial charge in [0.25, 0.3) is 0 Å². The predicted octanol–water partition coefficient (Wildman–Crippen LogP) is 7.21. The van der Waals surface area contributed by atoms with Crippen LogP contribution in [0.4, 0.5) is 4.39 Å². The van der Waals surface area contributed by atoms with Gasteiger partial charge in [0.05, 0.1) is 13.2 Å². The minimum Gasteiger partial charge on any atom is -0.497 e. The first-order chi connectivity index (χ1) is 12.8. The Balaban J connectivity index is 0.00000176. The first-order valence-corrected chi connectivity index (χ1v) is 9.90. The molecule has 27 heavy (non-hydrogen) atoms. The van der Waals surface area contributed by atoms with E-state index >= 15 is 0 Å². The van der Waals surface area contributed by atoms with Crippen molar-refractivity contribution in [1.29, 1.82) is 0 Å². The van der Waals surface area contributed by atoms with Crippen LogP contribution in [0.1, 0.15) is 65.7 Å². The summed E-state index contributed by atoms with van der Waals surface area (Å²) in [5, 5.41) is 0. The fourth-order valence-corrected chi connectivity index (χ4v) is 3.11. The summed E-state index contributed by atoms with van der Waals surface area (Å²) in [7, 11) is 1.59. The van der Waals surface area contributed by atoms with Crippen molar-refractivity contribution in [2.45, 2.75) is 61.0 Å². The van der Waals surface area contributed by atoms with Crippen molar-refractivity contribution in [2.24, 2.45) is 5.41 Å². The van der Waals surface area contributed by atoms with Gasteiger partial charge in [-0.3, -0.25) is 0 Å². The topological polar surface area (TPSA) is 18.5 Å². The molecule has 0 spiro atoms. The molecule has 0 fully saturated rings. The average molecular weight is 375 g/mol. The molecule has 0 aliphatic carbocycles. The molecular weight excluding hydrogens is 339 g/mol. The number of benzene rings is 2. The van der Waals surface area contributed by atoms with Crippen LogP contribution in [0, 0.1) is 11.2 Å². The monoisotopic (exact) mass is 374 g/mol. The van der Waals surface area contributed by atoms with Crippen molar-refractivity contribution in [3.8, 4) is 16.9 Å². The number of hydrogen-bond acceptors (Lipinski definition) is 2. The van der Waals surface area contributed by atoms with E-state index in [2.05, 4.69) is 39.8 Å². The van der Waals surface area contributed by atoms with Crippen LogP contribution in [0.2, 0.25) is 0 Å². The highest BCUT2D eigenvalue weighted by Crippen LogP contribution is 2.42. The van der Waals surface area contributed by atoms with E-state index in [1.165, 1.54) is 11.6 Å². The van der Waals surface area contributed by atoms with E-state index < -0.39 is 0 Å². The lowest BCUT2D eigenvalue weighted by Crippen LogP contribution is -2.22. The van der Waals surface area contributed by atoms with Gasteiger partial charge in [0.2, 0.25) is 0 Å². The van der Waals surface area contributed by atoms with Crippen molar-refractivity contribution >= 4 is 0 Å². The average Bonchev–Trinajstić information content (AvgIpc) is 2.67. The maximum atomic E-state index is 14.6. The lowest BCUT2D eigenvalue weighted by atomic mass is 9.80. The van der Waals surface area contributed by atoms with Crippen molar-refractivity contribution in [1.82, 2.24) is 0 Å². The fourth-order valence-electron chi connectivity index (χ4n) is 3.11. The predicted molar refractivity (Wildman–Crippen MR) is 113 cm³/mol. The quantitative estimate of drug-likeness (QED) is 0.531. The summed E-state index contributed by atoms with van der Waals surface area (Å²) >= 11 is 0. The third-order valence-electron chi connectivity index (χ3n) is 4.39. The first-order valence-electron chi connectivity index (χ1n) is 9.90. The number of methoxy groups -OCH3 is 1. The van der Waals surface area contributed by atoms with Crippen LogP contribution in [-0.4, -0.2) is 13.7 Å². The molecule has 0 aliphatic heterocycles. The Hall–Kier alpha value is -1.87. The van der Waals surface area contributed by atoms with Gasteiger partial charge < -0.3 is 9.47 Å². The Labute approximate surface area is 164 Å². The zero-order chi connectivity index (χ0) is 20.6. The highest BCUT2D eigenvalue weighted by atomic mass is 19.1. The van der Waals surface area contributed by atoms with E-state index in [-0.39, 0.29) is 17.3 Å². The molecule has 150 valence electrons. The highest BCUT2D eigenvalue weighted by Gasteiger charge is 2.30. The van der Waals surface area contributed by atoms with Crippen molar-refractivity contribution in [3.63, 3.8) is 0 Å². The van der Waals surface area contributed by atoms with E-state index in [0.717, 1.165) is 17.5 Å². The van der Waals surface area contributed by atoms with Gasteiger partial charge in [0.15, 0.2) is 0 Å². The molecule has 0 aliphatic rings. The second kappa shape index (κ2) is 10.5. The lowest BCUT2D eigenvalue weighted by Gasteiger charge is -2.32. The summed E-state index contributed by atoms with van der Waals surface area (Å²) in [5.74, 6) is 0.390. The molecule has 0 saturated heterocycles. The Kier molecular flexibility index (Phi) is 8.98. The summed E-state index contributed by atoms with van der Waals surface area (Å²) in [6.45, 7) is 15.2. The molecule has 0 bridgehead atoms. The third-order valence-corrected chi connectivity index (χ3v) is 4.39. The number of aryl methyl sites for hydroxylation is 1. The number of halogens is 1. The molecule has 0 saturated carbocycles. The lowest BCUT2D eigenvalue weighted by molar-refractivity contribution is -0.0129. The smallest absolute Gasteiger partial charge is 0.131 e. The van der Waals surface area contributed by atoms with Crippen molar-refractivity contribution in [2.75, 3.05) is 13.7 Å². The second-order valence-corrected chi connectivity index (χ2v) is 7.32. The summed E-state index contributed by atoms with van der Waals surface area (Å²) in [6.07, 6.45) is 0.807. The molecule has 0 amide bonds. The summed E-state index contributed by atoms with van der Waals surface area (Å²) in [4.78, 5) is 0. The van der Waals surface area contributed by atoms with Gasteiger partial charge in [0.1, 0.15) is 11.6 Å². The normalized spacial score (nSPS) is 12.2. The van der Waals surface area contributed by atoms with Crippen LogP contribution in [-0.2, 0) is 11.2 Å². The van der Waals surface area contributed by atoms with Crippen LogP contribution >= 0.6 is 0 Å². The maximum Gasteiger partial charge on any atom is 0.131 e. The van der Waals surface area contributed by atoms with E-state index in [9.17, 15) is 4.39 Å². The number of hydrogen-bond donors (Lipinski definition) is 0. The van der Waals surface area contributed by atoms with Gasteiger partial charge in [-0.1, -0.05) is 59.7 Å². The second-order valence-electron chi connectivity index (χ2n) is 7.32. The number of rotatable bonds is 6. The molecule has 0 radical (unpaired) electrons. The Morgan fingerprint density at radius 3 is 2.15 bits per heavy atom. The van der Waals surface area contributed by atoms with Crippen LogP contribution in [0.15, 0.2) is 36.4 Å². The Morgan fingerprint density at radius 1 is 0.963 bits per heavy atom. The van der Waals surface area contributed by atoms with Crippen molar-refractivity contribution in [3.05, 3.63) is 53.3 Å². The van der Waals surface area contributed by atoms with Gasteiger partial charge in [-0.05, 0) is 53.6 Å². The Morgan fingerprint density at radius 2 is 1.63 bits per heavy atom. The molecule has 0 N–H and O–H groups in total. The zero-order valence-electron chi connectivity index (χ0n) is 18.2. The largest absolute Gasteiger partial charge is 0.497 e. The van der Waals surface area contributed by atoms with Crippen LogP contribution < -0.4 is 4.74 Å². The van der Waals surface area contributed by atoms with Gasteiger partial charge in [0, 0.05) is 12.2 Å². The molecule has 2 aromatic carbocycles. The van der Waals surface area contributed by atoms with Gasteiger partial charge in [-0.15, -0.1) is 0 Å². The summed E-state index contributed by atoms with van der Waals surface area (Å²) in [6, 6.07) is 11.1. The molecule has 1 atom stereocenters. The molecule has 1 unspecified atom stereocenters. The molecule has 2 rings (SSSR count). The molecular formula is C24H35FO2. The Bertz CT molecular complexity index is 717. The summed E-state index contributed by atoms with van der Waals surface area (Å²) in [5.41, 5.74) is 3.55. The van der Waals surface area contributed by atoms with Gasteiger partial charge in [-0.25, -0.2) is 4.39 Å².